The van der Waals surface area contributed by atoms with E-state index in [-0.39, 0.29) is 81.1 Å². The monoisotopic (exact) mass is 1120 g/mol. The largest absolute Gasteiger partial charge is 0.514 e. The minimum Gasteiger partial charge on any atom is -0.430 e. The SMILES string of the molecule is C#C[C@]1(CO)O[C@@H](n2cnc3c(N)nc(F)nc32)C[C@@H]1O.C#C[C@]1(COC(=O)Oc2ccc([N+](=O)[O-])cc2)O[C@@H](n2cnc3c(N)nc(F)nc32)C[C@@H]1OC(=O)Oc1ccc([N+](=O)[O-])cc1.O=C(Cl)Oc1ccc([N+](=O)[O-])cc1. The number of nitrogens with zero attached hydrogens (tertiary/aromatic N) is 11. The number of rotatable bonds is 12. The number of aromatic nitrogens is 8. The summed E-state index contributed by atoms with van der Waals surface area (Å²) in [5.74, 6) is 4.20. The predicted octanol–water partition coefficient (Wildman–Crippen LogP) is 4.98. The van der Waals surface area contributed by atoms with Gasteiger partial charge in [-0.25, -0.2) is 24.4 Å². The van der Waals surface area contributed by atoms with E-state index in [9.17, 15) is 63.7 Å². The van der Waals surface area contributed by atoms with Gasteiger partial charge < -0.3 is 54.8 Å². The minimum absolute atomic E-state index is 0.0381. The van der Waals surface area contributed by atoms with Crippen LogP contribution in [0.1, 0.15) is 25.3 Å². The molecule has 3 aromatic carbocycles. The lowest BCUT2D eigenvalue weighted by Crippen LogP contribution is -2.46. The summed E-state index contributed by atoms with van der Waals surface area (Å²) in [6.45, 7) is -1.29. The number of carbonyl (C=O) groups is 3. The molecule has 6 heterocycles. The van der Waals surface area contributed by atoms with Crippen molar-refractivity contribution >= 4 is 80.4 Å². The van der Waals surface area contributed by atoms with E-state index in [2.05, 4.69) is 46.5 Å². The second kappa shape index (κ2) is 23.7. The van der Waals surface area contributed by atoms with Gasteiger partial charge in [0.05, 0.1) is 34.0 Å². The molecule has 0 bridgehead atoms. The van der Waals surface area contributed by atoms with Crippen LogP contribution in [0.2, 0.25) is 0 Å². The van der Waals surface area contributed by atoms with Gasteiger partial charge in [0.1, 0.15) is 42.4 Å². The zero-order valence-electron chi connectivity index (χ0n) is 39.5. The number of ether oxygens (including phenoxy) is 7. The van der Waals surface area contributed by atoms with Crippen LogP contribution >= 0.6 is 11.6 Å². The van der Waals surface area contributed by atoms with E-state index in [4.69, 9.17) is 64.3 Å². The van der Waals surface area contributed by atoms with Crippen LogP contribution in [0.15, 0.2) is 85.5 Å². The van der Waals surface area contributed by atoms with Gasteiger partial charge in [0.25, 0.3) is 17.1 Å². The highest BCUT2D eigenvalue weighted by atomic mass is 35.5. The molecule has 2 saturated heterocycles. The molecule has 6 N–H and O–H groups in total. The third-order valence-electron chi connectivity index (χ3n) is 11.2. The van der Waals surface area contributed by atoms with Crippen LogP contribution < -0.4 is 25.7 Å². The Morgan fingerprint density at radius 3 is 1.49 bits per heavy atom. The van der Waals surface area contributed by atoms with E-state index < -0.39 is 93.7 Å². The summed E-state index contributed by atoms with van der Waals surface area (Å²) in [4.78, 5) is 87.8. The van der Waals surface area contributed by atoms with Crippen LogP contribution in [0.4, 0.5) is 51.9 Å². The van der Waals surface area contributed by atoms with Crippen molar-refractivity contribution in [3.63, 3.8) is 0 Å². The van der Waals surface area contributed by atoms with Crippen LogP contribution in [0.5, 0.6) is 17.2 Å². The Bertz CT molecular complexity index is 3560. The van der Waals surface area contributed by atoms with Crippen LogP contribution in [0, 0.1) is 67.2 Å². The molecule has 79 heavy (non-hydrogen) atoms. The number of aliphatic hydroxyl groups excluding tert-OH is 2. The Labute approximate surface area is 443 Å². The van der Waals surface area contributed by atoms with Crippen molar-refractivity contribution in [2.45, 2.75) is 48.7 Å². The maximum absolute atomic E-state index is 14.0. The standard InChI is InChI=1S/C26H18FN7O11.C12H12FN5O3.C7H4ClNO4/c1-2-26(12-41-24(35)42-16-7-3-14(4-8-16)33(37)38)18(44-25(36)43-17-9-5-15(6-10-17)34(39)40)11-19(45-26)32-13-29-20-21(28)30-23(27)31-22(20)32;1-2-12(4-19)6(20)3-7(21-12)18-5-15-8-9(14)16-11(13)17-10(8)18;8-7(10)13-6-3-1-5(2-4-6)9(11)12/h1,3-10,13,18-19H,11-12H2,(H2,28,30,31);1,5-7,19-20H,3-4H2,(H2,14,16,17);1-4H/t18-,19+,26+;6-,7+,12+;/m00./s1. The van der Waals surface area contributed by atoms with Crippen LogP contribution in [-0.2, 0) is 18.9 Å². The number of anilines is 2. The molecule has 4 aromatic heterocycles. The third kappa shape index (κ3) is 12.9. The summed E-state index contributed by atoms with van der Waals surface area (Å²) in [6.07, 6.45) is 4.49. The molecule has 9 rings (SSSR count). The van der Waals surface area contributed by atoms with E-state index in [1.54, 1.807) is 0 Å². The number of aliphatic hydroxyl groups is 2. The van der Waals surface area contributed by atoms with Crippen molar-refractivity contribution < 1.29 is 81.3 Å². The van der Waals surface area contributed by atoms with Crippen molar-refractivity contribution in [3.05, 3.63) is 128 Å². The molecule has 34 heteroatoms. The van der Waals surface area contributed by atoms with Crippen LogP contribution in [0.25, 0.3) is 22.3 Å². The molecule has 6 atom stereocenters. The number of nitro benzene ring substituents is 3. The van der Waals surface area contributed by atoms with Crippen molar-refractivity contribution in [1.29, 1.82) is 0 Å². The van der Waals surface area contributed by atoms with Crippen molar-refractivity contribution in [2.75, 3.05) is 24.7 Å². The highest BCUT2D eigenvalue weighted by molar-refractivity contribution is 6.61. The first-order chi connectivity index (χ1) is 37.6. The first-order valence-corrected chi connectivity index (χ1v) is 22.2. The van der Waals surface area contributed by atoms with E-state index >= 15 is 0 Å². The van der Waals surface area contributed by atoms with Crippen LogP contribution in [-0.4, -0.2) is 118 Å². The number of carbonyl (C=O) groups excluding carboxylic acids is 3. The topological polar surface area (TPSA) is 425 Å². The van der Waals surface area contributed by atoms with Gasteiger partial charge >= 0.3 is 29.9 Å². The van der Waals surface area contributed by atoms with Gasteiger partial charge in [-0.2, -0.15) is 28.7 Å². The third-order valence-corrected chi connectivity index (χ3v) is 11.2. The number of halogens is 3. The summed E-state index contributed by atoms with van der Waals surface area (Å²) in [7, 11) is 0. The van der Waals surface area contributed by atoms with Gasteiger partial charge in [-0.1, -0.05) is 11.8 Å². The highest BCUT2D eigenvalue weighted by Crippen LogP contribution is 2.41. The zero-order valence-corrected chi connectivity index (χ0v) is 40.3. The summed E-state index contributed by atoms with van der Waals surface area (Å²) >= 11 is 4.92. The Kier molecular flexibility index (Phi) is 16.9. The Hall–Kier alpha value is -10.3. The lowest BCUT2D eigenvalue weighted by molar-refractivity contribution is -0.385. The molecule has 0 saturated carbocycles. The molecule has 7 aromatic rings. The minimum atomic E-state index is -1.98. The molecule has 0 amide bonds. The summed E-state index contributed by atoms with van der Waals surface area (Å²) < 4.78 is 66.7. The van der Waals surface area contributed by atoms with Gasteiger partial charge in [-0.05, 0) is 36.4 Å². The normalized spacial score (nSPS) is 20.0. The predicted molar refractivity (Wildman–Crippen MR) is 259 cm³/mol. The first-order valence-electron chi connectivity index (χ1n) is 21.8. The molecule has 408 valence electrons. The van der Waals surface area contributed by atoms with Crippen molar-refractivity contribution in [3.8, 4) is 41.9 Å². The molecular formula is C45H34ClF2N13O18. The molecular weight excluding hydrogens is 1080 g/mol. The molecule has 2 aliphatic rings. The van der Waals surface area contributed by atoms with E-state index in [1.165, 1.54) is 46.1 Å². The molecule has 2 fully saturated rings. The lowest BCUT2D eigenvalue weighted by Gasteiger charge is -2.27. The molecule has 0 radical (unpaired) electrons. The Morgan fingerprint density at radius 2 is 1.10 bits per heavy atom. The van der Waals surface area contributed by atoms with Crippen molar-refractivity contribution in [1.82, 2.24) is 39.0 Å². The number of fused-ring (bicyclic) bond motifs is 2. The van der Waals surface area contributed by atoms with Gasteiger partial charge in [0.2, 0.25) is 5.60 Å². The Balaban J connectivity index is 0.000000216. The molecule has 0 spiro atoms. The fraction of sp³-hybridized carbons (Fsp3) is 0.222. The second-order valence-corrected chi connectivity index (χ2v) is 16.3. The number of benzene rings is 3. The van der Waals surface area contributed by atoms with Gasteiger partial charge in [0.15, 0.2) is 45.7 Å². The van der Waals surface area contributed by atoms with Crippen molar-refractivity contribution in [2.24, 2.45) is 0 Å². The summed E-state index contributed by atoms with van der Waals surface area (Å²) in [5, 5.41) is 51.3. The molecule has 0 unspecified atom stereocenters. The lowest BCUT2D eigenvalue weighted by atomic mass is 9.98. The van der Waals surface area contributed by atoms with Gasteiger partial charge in [-0.3, -0.25) is 39.5 Å². The number of nitro groups is 3. The average Bonchev–Trinajstić information content (AvgIpc) is 4.25. The van der Waals surface area contributed by atoms with E-state index in [0.717, 1.165) is 48.5 Å². The second-order valence-electron chi connectivity index (χ2n) is 16.0. The number of nitrogen functional groups attached to an aromatic ring is 2. The zero-order chi connectivity index (χ0) is 57.3. The van der Waals surface area contributed by atoms with E-state index in [0.29, 0.717) is 0 Å². The van der Waals surface area contributed by atoms with Crippen LogP contribution in [0.3, 0.4) is 0 Å². The molecule has 2 aliphatic heterocycles. The smallest absolute Gasteiger partial charge is 0.430 e. The highest BCUT2D eigenvalue weighted by Gasteiger charge is 2.53. The summed E-state index contributed by atoms with van der Waals surface area (Å²) in [6, 6.07) is 14.1. The Morgan fingerprint density at radius 1 is 0.696 bits per heavy atom. The van der Waals surface area contributed by atoms with Gasteiger partial charge in [-0.15, -0.1) is 12.8 Å². The number of terminal acetylenes is 2. The molecule has 0 aliphatic carbocycles. The number of imidazole rings is 2. The maximum Gasteiger partial charge on any atom is 0.514 e. The van der Waals surface area contributed by atoms with Gasteiger partial charge in [0, 0.05) is 60.8 Å². The van der Waals surface area contributed by atoms with E-state index in [1.807, 2.05) is 0 Å². The number of nitrogens with two attached hydrogens (primary N) is 2. The number of non-ortho nitro benzene ring substituents is 3. The fourth-order valence-corrected chi connectivity index (χ4v) is 7.45. The number of hydrogen-bond acceptors (Lipinski definition) is 26. The fourth-order valence-electron chi connectivity index (χ4n) is 7.36. The maximum atomic E-state index is 14.0. The number of hydrogen-bond donors (Lipinski definition) is 4. The molecule has 31 nitrogen and oxygen atoms in total. The quantitative estimate of drug-likeness (QED) is 0.0238. The first kappa shape index (κ1) is 56.4. The average molecular weight is 1120 g/mol. The summed E-state index contributed by atoms with van der Waals surface area (Å²) in [5.41, 5.74) is 6.59.